The molecule has 0 fully saturated rings. The molecule has 0 heterocycles. The van der Waals surface area contributed by atoms with E-state index in [9.17, 15) is 17.6 Å². The van der Waals surface area contributed by atoms with E-state index in [1.165, 1.54) is 42.5 Å². The summed E-state index contributed by atoms with van der Waals surface area (Å²) in [7, 11) is -4.10. The van der Waals surface area contributed by atoms with Gasteiger partial charge in [-0.2, -0.15) is 4.31 Å². The molecule has 0 bridgehead atoms. The number of nitrogens with zero attached hydrogens (tertiary/aromatic N) is 1. The van der Waals surface area contributed by atoms with E-state index in [0.29, 0.717) is 5.02 Å². The minimum Gasteiger partial charge on any atom is -0.348 e. The highest BCUT2D eigenvalue weighted by Crippen LogP contribution is 2.22. The molecule has 0 saturated heterocycles. The van der Waals surface area contributed by atoms with E-state index in [1.54, 1.807) is 13.0 Å². The number of nitrogens with one attached hydrogen (secondary N) is 1. The van der Waals surface area contributed by atoms with Crippen molar-refractivity contribution in [3.05, 3.63) is 99.2 Å². The second-order valence-electron chi connectivity index (χ2n) is 7.16. The first-order valence-electron chi connectivity index (χ1n) is 9.71. The third kappa shape index (κ3) is 6.16. The predicted molar refractivity (Wildman–Crippen MR) is 126 cm³/mol. The van der Waals surface area contributed by atoms with Crippen molar-refractivity contribution >= 4 is 43.5 Å². The zero-order valence-electron chi connectivity index (χ0n) is 17.1. The van der Waals surface area contributed by atoms with Crippen molar-refractivity contribution in [3.8, 4) is 0 Å². The molecule has 1 N–H and O–H groups in total. The highest BCUT2D eigenvalue weighted by atomic mass is 79.9. The molecule has 0 radical (unpaired) electrons. The molecule has 32 heavy (non-hydrogen) atoms. The lowest BCUT2D eigenvalue weighted by Gasteiger charge is -2.23. The molecule has 0 saturated carbocycles. The molecule has 3 aromatic rings. The van der Waals surface area contributed by atoms with Crippen LogP contribution in [-0.4, -0.2) is 25.2 Å². The lowest BCUT2D eigenvalue weighted by atomic mass is 10.1. The average Bonchev–Trinajstić information content (AvgIpc) is 2.75. The van der Waals surface area contributed by atoms with Gasteiger partial charge in [0.1, 0.15) is 5.82 Å². The number of benzene rings is 3. The summed E-state index contributed by atoms with van der Waals surface area (Å²) < 4.78 is 42.6. The molecule has 0 aliphatic heterocycles. The Kier molecular flexibility index (Phi) is 8.05. The Labute approximate surface area is 200 Å². The molecular weight excluding hydrogens is 519 g/mol. The van der Waals surface area contributed by atoms with Crippen LogP contribution in [0, 0.1) is 5.82 Å². The zero-order chi connectivity index (χ0) is 23.3. The fourth-order valence-corrected chi connectivity index (χ4v) is 5.02. The highest BCUT2D eigenvalue weighted by molar-refractivity contribution is 9.10. The first-order chi connectivity index (χ1) is 15.2. The molecule has 9 heteroatoms. The van der Waals surface area contributed by atoms with Gasteiger partial charge in [-0.3, -0.25) is 4.79 Å². The van der Waals surface area contributed by atoms with Crippen LogP contribution < -0.4 is 5.32 Å². The standard InChI is InChI=1S/C23H21BrClFN2O3S/c1-16(17-6-4-7-19(24)13-17)27-23(29)15-28(14-18-5-2-3-8-22(18)26)32(30,31)21-11-9-20(25)10-12-21/h2-13,16H,14-15H2,1H3,(H,27,29)/t16-/m1/s1. The molecule has 1 atom stereocenters. The van der Waals surface area contributed by atoms with E-state index < -0.39 is 28.3 Å². The van der Waals surface area contributed by atoms with Crippen molar-refractivity contribution in [2.45, 2.75) is 24.4 Å². The van der Waals surface area contributed by atoms with E-state index in [1.807, 2.05) is 24.3 Å². The van der Waals surface area contributed by atoms with Crippen molar-refractivity contribution in [2.24, 2.45) is 0 Å². The van der Waals surface area contributed by atoms with Crippen molar-refractivity contribution in [3.63, 3.8) is 0 Å². The largest absolute Gasteiger partial charge is 0.348 e. The van der Waals surface area contributed by atoms with Gasteiger partial charge >= 0.3 is 0 Å². The van der Waals surface area contributed by atoms with Gasteiger partial charge in [0.2, 0.25) is 15.9 Å². The second kappa shape index (κ2) is 10.6. The molecule has 0 unspecified atom stereocenters. The fraction of sp³-hybridized carbons (Fsp3) is 0.174. The summed E-state index contributed by atoms with van der Waals surface area (Å²) in [5.41, 5.74) is 1.02. The molecule has 0 aromatic heterocycles. The van der Waals surface area contributed by atoms with Crippen molar-refractivity contribution in [1.82, 2.24) is 9.62 Å². The molecule has 3 rings (SSSR count). The van der Waals surface area contributed by atoms with Crippen LogP contribution >= 0.6 is 27.5 Å². The van der Waals surface area contributed by atoms with E-state index in [4.69, 9.17) is 11.6 Å². The molecule has 168 valence electrons. The number of amides is 1. The average molecular weight is 540 g/mol. The normalized spacial score (nSPS) is 12.5. The van der Waals surface area contributed by atoms with Gasteiger partial charge in [-0.05, 0) is 55.0 Å². The van der Waals surface area contributed by atoms with Crippen LogP contribution in [0.5, 0.6) is 0 Å². The van der Waals surface area contributed by atoms with E-state index >= 15 is 0 Å². The van der Waals surface area contributed by atoms with E-state index in [0.717, 1.165) is 14.3 Å². The maximum absolute atomic E-state index is 14.3. The van der Waals surface area contributed by atoms with Gasteiger partial charge in [0.25, 0.3) is 0 Å². The maximum atomic E-state index is 14.3. The van der Waals surface area contributed by atoms with Gasteiger partial charge in [0, 0.05) is 21.6 Å². The third-order valence-electron chi connectivity index (χ3n) is 4.80. The van der Waals surface area contributed by atoms with Crippen LogP contribution in [0.2, 0.25) is 5.02 Å². The van der Waals surface area contributed by atoms with Crippen LogP contribution in [0.25, 0.3) is 0 Å². The summed E-state index contributed by atoms with van der Waals surface area (Å²) in [6.45, 7) is 1.03. The van der Waals surface area contributed by atoms with Crippen LogP contribution in [0.4, 0.5) is 4.39 Å². The van der Waals surface area contributed by atoms with Gasteiger partial charge < -0.3 is 5.32 Å². The number of carbonyl (C=O) groups excluding carboxylic acids is 1. The smallest absolute Gasteiger partial charge is 0.243 e. The topological polar surface area (TPSA) is 66.5 Å². The molecule has 0 aliphatic rings. The lowest BCUT2D eigenvalue weighted by Crippen LogP contribution is -2.41. The lowest BCUT2D eigenvalue weighted by molar-refractivity contribution is -0.122. The Bertz CT molecular complexity index is 1210. The number of carbonyl (C=O) groups is 1. The van der Waals surface area contributed by atoms with Gasteiger partial charge in [-0.15, -0.1) is 0 Å². The summed E-state index contributed by atoms with van der Waals surface area (Å²) in [6, 6.07) is 18.6. The Morgan fingerprint density at radius 1 is 1.09 bits per heavy atom. The summed E-state index contributed by atoms with van der Waals surface area (Å²) in [5, 5.41) is 3.19. The monoisotopic (exact) mass is 538 g/mol. The van der Waals surface area contributed by atoms with Crippen LogP contribution in [0.3, 0.4) is 0 Å². The zero-order valence-corrected chi connectivity index (χ0v) is 20.3. The SMILES string of the molecule is C[C@@H](NC(=O)CN(Cc1ccccc1F)S(=O)(=O)c1ccc(Cl)cc1)c1cccc(Br)c1. The second-order valence-corrected chi connectivity index (χ2v) is 10.5. The predicted octanol–water partition coefficient (Wildman–Crippen LogP) is 5.31. The van der Waals surface area contributed by atoms with Crippen molar-refractivity contribution < 1.29 is 17.6 Å². The molecule has 3 aromatic carbocycles. The molecule has 5 nitrogen and oxygen atoms in total. The molecule has 0 aliphatic carbocycles. The summed E-state index contributed by atoms with van der Waals surface area (Å²) in [4.78, 5) is 12.7. The summed E-state index contributed by atoms with van der Waals surface area (Å²) in [6.07, 6.45) is 0. The Morgan fingerprint density at radius 3 is 2.44 bits per heavy atom. The Balaban J connectivity index is 1.85. The van der Waals surface area contributed by atoms with Gasteiger partial charge in [0.05, 0.1) is 17.5 Å². The molecule has 1 amide bonds. The summed E-state index contributed by atoms with van der Waals surface area (Å²) >= 11 is 9.27. The minimum absolute atomic E-state index is 0.0360. The summed E-state index contributed by atoms with van der Waals surface area (Å²) in [5.74, 6) is -1.06. The minimum atomic E-state index is -4.10. The van der Waals surface area contributed by atoms with Gasteiger partial charge in [-0.25, -0.2) is 12.8 Å². The van der Waals surface area contributed by atoms with Crippen molar-refractivity contribution in [1.29, 1.82) is 0 Å². The number of halogens is 3. The fourth-order valence-electron chi connectivity index (χ4n) is 3.10. The Hall–Kier alpha value is -2.26. The first-order valence-corrected chi connectivity index (χ1v) is 12.3. The Morgan fingerprint density at radius 2 is 1.78 bits per heavy atom. The quantitative estimate of drug-likeness (QED) is 0.422. The first kappa shape index (κ1) is 24.4. The van der Waals surface area contributed by atoms with E-state index in [2.05, 4.69) is 21.2 Å². The highest BCUT2D eigenvalue weighted by Gasteiger charge is 2.28. The number of sulfonamides is 1. The number of hydrogen-bond donors (Lipinski definition) is 1. The van der Waals surface area contributed by atoms with Gasteiger partial charge in [0.15, 0.2) is 0 Å². The van der Waals surface area contributed by atoms with E-state index in [-0.39, 0.29) is 23.0 Å². The maximum Gasteiger partial charge on any atom is 0.243 e. The van der Waals surface area contributed by atoms with Crippen LogP contribution in [0.1, 0.15) is 24.1 Å². The third-order valence-corrected chi connectivity index (χ3v) is 7.35. The van der Waals surface area contributed by atoms with Gasteiger partial charge in [-0.1, -0.05) is 57.9 Å². The number of rotatable bonds is 8. The van der Waals surface area contributed by atoms with Crippen molar-refractivity contribution in [2.75, 3.05) is 6.54 Å². The van der Waals surface area contributed by atoms with Crippen LogP contribution in [0.15, 0.2) is 82.2 Å². The molecular formula is C23H21BrClFN2O3S. The number of hydrogen-bond acceptors (Lipinski definition) is 3. The van der Waals surface area contributed by atoms with Crippen LogP contribution in [-0.2, 0) is 21.4 Å². The molecule has 0 spiro atoms.